The smallest absolute Gasteiger partial charge is 0.163 e. The average molecular weight is 332 g/mol. The molecule has 1 aliphatic heterocycles. The van der Waals surface area contributed by atoms with Crippen LogP contribution in [0.15, 0.2) is 36.4 Å². The Morgan fingerprint density at radius 1 is 1.00 bits per heavy atom. The van der Waals surface area contributed by atoms with Gasteiger partial charge in [-0.15, -0.1) is 0 Å². The Kier molecular flexibility index (Phi) is 3.39. The summed E-state index contributed by atoms with van der Waals surface area (Å²) < 4.78 is 0. The zero-order chi connectivity index (χ0) is 15.3. The van der Waals surface area contributed by atoms with Gasteiger partial charge >= 0.3 is 0 Å². The summed E-state index contributed by atoms with van der Waals surface area (Å²) in [6, 6.07) is 11.9. The molecule has 1 saturated heterocycles. The number of halogens is 2. The van der Waals surface area contributed by atoms with Crippen LogP contribution in [-0.4, -0.2) is 18.9 Å². The lowest BCUT2D eigenvalue weighted by Crippen LogP contribution is -2.45. The molecule has 4 heteroatoms. The fourth-order valence-electron chi connectivity index (χ4n) is 3.39. The molecular weight excluding hydrogens is 317 g/mol. The number of ketones is 1. The van der Waals surface area contributed by atoms with Crippen molar-refractivity contribution in [3.05, 3.63) is 63.1 Å². The molecule has 0 saturated carbocycles. The molecule has 0 atom stereocenters. The van der Waals surface area contributed by atoms with Gasteiger partial charge in [0.2, 0.25) is 0 Å². The molecule has 2 aromatic carbocycles. The van der Waals surface area contributed by atoms with Crippen molar-refractivity contribution in [3.8, 4) is 0 Å². The SMILES string of the molecule is O=C1CCc2cc(C3CN(c4c(Cl)cccc4Cl)C3)ccc21. The maximum absolute atomic E-state index is 11.7. The highest BCUT2D eigenvalue weighted by Gasteiger charge is 2.31. The molecule has 2 aromatic rings. The molecule has 22 heavy (non-hydrogen) atoms. The van der Waals surface area contributed by atoms with E-state index in [4.69, 9.17) is 23.2 Å². The Balaban J connectivity index is 1.53. The van der Waals surface area contributed by atoms with E-state index in [0.29, 0.717) is 22.4 Å². The number of aryl methyl sites for hydroxylation is 1. The predicted molar refractivity (Wildman–Crippen MR) is 90.5 cm³/mol. The number of nitrogens with zero attached hydrogens (tertiary/aromatic N) is 1. The van der Waals surface area contributed by atoms with Crippen LogP contribution in [0.4, 0.5) is 5.69 Å². The zero-order valence-electron chi connectivity index (χ0n) is 12.0. The molecule has 1 heterocycles. The minimum atomic E-state index is 0.277. The number of hydrogen-bond donors (Lipinski definition) is 0. The highest BCUT2D eigenvalue weighted by atomic mass is 35.5. The number of anilines is 1. The van der Waals surface area contributed by atoms with E-state index < -0.39 is 0 Å². The monoisotopic (exact) mass is 331 g/mol. The highest BCUT2D eigenvalue weighted by molar-refractivity contribution is 6.39. The first-order valence-electron chi connectivity index (χ1n) is 7.48. The summed E-state index contributed by atoms with van der Waals surface area (Å²) in [4.78, 5) is 13.9. The second-order valence-corrected chi connectivity index (χ2v) is 6.83. The maximum Gasteiger partial charge on any atom is 0.163 e. The Morgan fingerprint density at radius 3 is 2.45 bits per heavy atom. The van der Waals surface area contributed by atoms with E-state index in [2.05, 4.69) is 17.0 Å². The first kappa shape index (κ1) is 14.1. The summed E-state index contributed by atoms with van der Waals surface area (Å²) in [7, 11) is 0. The molecule has 0 spiro atoms. The van der Waals surface area contributed by atoms with Crippen LogP contribution in [0.3, 0.4) is 0 Å². The molecule has 1 fully saturated rings. The van der Waals surface area contributed by atoms with Gasteiger partial charge in [0.15, 0.2) is 5.78 Å². The van der Waals surface area contributed by atoms with Crippen molar-refractivity contribution in [2.24, 2.45) is 0 Å². The third-order valence-corrected chi connectivity index (χ3v) is 5.27. The van der Waals surface area contributed by atoms with Crippen LogP contribution in [-0.2, 0) is 6.42 Å². The van der Waals surface area contributed by atoms with Gasteiger partial charge in [0.25, 0.3) is 0 Å². The van der Waals surface area contributed by atoms with Gasteiger partial charge in [0.1, 0.15) is 0 Å². The third-order valence-electron chi connectivity index (χ3n) is 4.66. The summed E-state index contributed by atoms with van der Waals surface area (Å²) >= 11 is 12.5. The van der Waals surface area contributed by atoms with Gasteiger partial charge in [0.05, 0.1) is 15.7 Å². The van der Waals surface area contributed by atoms with Crippen LogP contribution in [0.25, 0.3) is 0 Å². The Bertz CT molecular complexity index is 745. The van der Waals surface area contributed by atoms with E-state index in [1.54, 1.807) is 0 Å². The third kappa shape index (κ3) is 2.22. The van der Waals surface area contributed by atoms with Crippen LogP contribution in [0.5, 0.6) is 0 Å². The van der Waals surface area contributed by atoms with E-state index in [-0.39, 0.29) is 5.78 Å². The molecule has 4 rings (SSSR count). The van der Waals surface area contributed by atoms with Gasteiger partial charge in [-0.2, -0.15) is 0 Å². The maximum atomic E-state index is 11.7. The van der Waals surface area contributed by atoms with E-state index in [0.717, 1.165) is 30.8 Å². The minimum absolute atomic E-state index is 0.277. The summed E-state index contributed by atoms with van der Waals surface area (Å²) in [5.41, 5.74) is 4.36. The fourth-order valence-corrected chi connectivity index (χ4v) is 4.03. The van der Waals surface area contributed by atoms with Crippen LogP contribution in [0.1, 0.15) is 33.8 Å². The average Bonchev–Trinajstić information content (AvgIpc) is 2.82. The predicted octanol–water partition coefficient (Wildman–Crippen LogP) is 4.73. The Labute approximate surface area is 139 Å². The molecule has 2 nitrogen and oxygen atoms in total. The van der Waals surface area contributed by atoms with E-state index in [1.807, 2.05) is 24.3 Å². The lowest BCUT2D eigenvalue weighted by Gasteiger charge is -2.42. The van der Waals surface area contributed by atoms with E-state index in [9.17, 15) is 4.79 Å². The van der Waals surface area contributed by atoms with Gasteiger partial charge in [-0.25, -0.2) is 0 Å². The number of carbonyl (C=O) groups is 1. The topological polar surface area (TPSA) is 20.3 Å². The molecule has 0 radical (unpaired) electrons. The standard InChI is InChI=1S/C18H15Cl2NO/c19-15-2-1-3-16(20)18(15)21-9-13(10-21)11-4-6-14-12(8-11)5-7-17(14)22/h1-4,6,8,13H,5,7,9-10H2. The van der Waals surface area contributed by atoms with Crippen molar-refractivity contribution in [3.63, 3.8) is 0 Å². The number of Topliss-reactive ketones (excluding diaryl/α,β-unsaturated/α-hetero) is 1. The second kappa shape index (κ2) is 5.29. The summed E-state index contributed by atoms with van der Waals surface area (Å²) in [6.07, 6.45) is 1.54. The molecule has 1 aliphatic carbocycles. The number of para-hydroxylation sites is 1. The summed E-state index contributed by atoms with van der Waals surface area (Å²) in [5, 5.41) is 1.40. The first-order chi connectivity index (χ1) is 10.6. The Morgan fingerprint density at radius 2 is 1.73 bits per heavy atom. The van der Waals surface area contributed by atoms with Crippen molar-refractivity contribution < 1.29 is 4.79 Å². The van der Waals surface area contributed by atoms with Crippen LogP contribution in [0.2, 0.25) is 10.0 Å². The number of fused-ring (bicyclic) bond motifs is 1. The molecule has 0 N–H and O–H groups in total. The molecule has 0 unspecified atom stereocenters. The van der Waals surface area contributed by atoms with Gasteiger partial charge < -0.3 is 4.90 Å². The molecule has 0 bridgehead atoms. The van der Waals surface area contributed by atoms with Crippen molar-refractivity contribution in [2.45, 2.75) is 18.8 Å². The van der Waals surface area contributed by atoms with Crippen molar-refractivity contribution in [1.82, 2.24) is 0 Å². The highest BCUT2D eigenvalue weighted by Crippen LogP contribution is 2.40. The summed E-state index contributed by atoms with van der Waals surface area (Å²) in [5.74, 6) is 0.757. The second-order valence-electron chi connectivity index (χ2n) is 6.01. The quantitative estimate of drug-likeness (QED) is 0.793. The first-order valence-corrected chi connectivity index (χ1v) is 8.24. The van der Waals surface area contributed by atoms with Crippen LogP contribution < -0.4 is 4.90 Å². The zero-order valence-corrected chi connectivity index (χ0v) is 13.5. The minimum Gasteiger partial charge on any atom is -0.368 e. The molecule has 2 aliphatic rings. The van der Waals surface area contributed by atoms with Crippen molar-refractivity contribution in [2.75, 3.05) is 18.0 Å². The lowest BCUT2D eigenvalue weighted by molar-refractivity contribution is 0.0994. The van der Waals surface area contributed by atoms with Gasteiger partial charge in [-0.1, -0.05) is 47.5 Å². The number of carbonyl (C=O) groups excluding carboxylic acids is 1. The molecule has 0 aromatic heterocycles. The molecule has 112 valence electrons. The molecular formula is C18H15Cl2NO. The van der Waals surface area contributed by atoms with Gasteiger partial charge in [-0.05, 0) is 29.7 Å². The van der Waals surface area contributed by atoms with Gasteiger partial charge in [-0.3, -0.25) is 4.79 Å². The van der Waals surface area contributed by atoms with Crippen molar-refractivity contribution >= 4 is 34.7 Å². The van der Waals surface area contributed by atoms with E-state index >= 15 is 0 Å². The van der Waals surface area contributed by atoms with Crippen LogP contribution >= 0.6 is 23.2 Å². The summed E-state index contributed by atoms with van der Waals surface area (Å²) in [6.45, 7) is 1.83. The number of benzene rings is 2. The Hall–Kier alpha value is -1.51. The number of rotatable bonds is 2. The fraction of sp³-hybridized carbons (Fsp3) is 0.278. The van der Waals surface area contributed by atoms with E-state index in [1.165, 1.54) is 11.1 Å². The molecule has 0 amide bonds. The van der Waals surface area contributed by atoms with Crippen molar-refractivity contribution in [1.29, 1.82) is 0 Å². The normalized spacial score (nSPS) is 17.5. The van der Waals surface area contributed by atoms with Gasteiger partial charge in [0, 0.05) is 31.0 Å². The largest absolute Gasteiger partial charge is 0.368 e. The van der Waals surface area contributed by atoms with Crippen LogP contribution in [0, 0.1) is 0 Å². The number of hydrogen-bond acceptors (Lipinski definition) is 2. The lowest BCUT2D eigenvalue weighted by atomic mass is 9.89.